The molecule has 178 valence electrons. The highest BCUT2D eigenvalue weighted by molar-refractivity contribution is 6.02. The SMILES string of the molecule is Cc1ccc(C(=O)[C@@H](OC(=O)c2ccc(Cn3nnc4ccccc43)cc2)c2ccccc2)cc1C. The predicted molar refractivity (Wildman–Crippen MR) is 138 cm³/mol. The molecule has 5 aromatic rings. The lowest BCUT2D eigenvalue weighted by molar-refractivity contribution is 0.0280. The van der Waals surface area contributed by atoms with E-state index in [2.05, 4.69) is 10.3 Å². The van der Waals surface area contributed by atoms with Gasteiger partial charge in [-0.05, 0) is 60.9 Å². The van der Waals surface area contributed by atoms with E-state index in [1.54, 1.807) is 30.3 Å². The second kappa shape index (κ2) is 9.96. The first kappa shape index (κ1) is 23.2. The van der Waals surface area contributed by atoms with E-state index in [-0.39, 0.29) is 5.78 Å². The fourth-order valence-corrected chi connectivity index (χ4v) is 4.08. The number of carbonyl (C=O) groups excluding carboxylic acids is 2. The molecule has 6 nitrogen and oxygen atoms in total. The third kappa shape index (κ3) is 4.79. The Kier molecular flexibility index (Phi) is 6.41. The summed E-state index contributed by atoms with van der Waals surface area (Å²) in [6.07, 6.45) is -1.04. The number of rotatable bonds is 7. The first-order chi connectivity index (χ1) is 17.5. The lowest BCUT2D eigenvalue weighted by Gasteiger charge is -2.18. The Balaban J connectivity index is 1.36. The Bertz CT molecular complexity index is 1540. The Hall–Kier alpha value is -4.58. The second-order valence-electron chi connectivity index (χ2n) is 8.79. The fourth-order valence-electron chi connectivity index (χ4n) is 4.08. The number of nitrogens with zero attached hydrogens (tertiary/aromatic N) is 3. The lowest BCUT2D eigenvalue weighted by Crippen LogP contribution is -2.20. The largest absolute Gasteiger partial charge is 0.445 e. The van der Waals surface area contributed by atoms with Crippen LogP contribution in [0.15, 0.2) is 97.1 Å². The van der Waals surface area contributed by atoms with Crippen molar-refractivity contribution in [1.29, 1.82) is 0 Å². The van der Waals surface area contributed by atoms with Gasteiger partial charge in [-0.1, -0.05) is 71.9 Å². The molecular weight excluding hydrogens is 450 g/mol. The summed E-state index contributed by atoms with van der Waals surface area (Å²) in [7, 11) is 0. The molecule has 0 unspecified atom stereocenters. The topological polar surface area (TPSA) is 74.1 Å². The van der Waals surface area contributed by atoms with Gasteiger partial charge in [-0.25, -0.2) is 9.48 Å². The van der Waals surface area contributed by atoms with Crippen molar-refractivity contribution in [2.45, 2.75) is 26.5 Å². The van der Waals surface area contributed by atoms with Gasteiger partial charge in [0.1, 0.15) is 5.52 Å². The van der Waals surface area contributed by atoms with Crippen LogP contribution in [0.4, 0.5) is 0 Å². The van der Waals surface area contributed by atoms with Crippen molar-refractivity contribution in [2.24, 2.45) is 0 Å². The van der Waals surface area contributed by atoms with Crippen LogP contribution < -0.4 is 0 Å². The number of Topliss-reactive ketones (excluding diaryl/α,β-unsaturated/α-hetero) is 1. The van der Waals surface area contributed by atoms with Crippen LogP contribution in [0.2, 0.25) is 0 Å². The number of para-hydroxylation sites is 1. The number of aromatic nitrogens is 3. The van der Waals surface area contributed by atoms with E-state index < -0.39 is 12.1 Å². The summed E-state index contributed by atoms with van der Waals surface area (Å²) in [5.74, 6) is -0.814. The van der Waals surface area contributed by atoms with Crippen molar-refractivity contribution in [1.82, 2.24) is 15.0 Å². The molecule has 0 aliphatic carbocycles. The highest BCUT2D eigenvalue weighted by atomic mass is 16.5. The Labute approximate surface area is 209 Å². The first-order valence-electron chi connectivity index (χ1n) is 11.7. The molecule has 1 aromatic heterocycles. The standard InChI is InChI=1S/C30H25N3O3/c1-20-12-15-25(18-21(20)2)28(34)29(23-8-4-3-5-9-23)36-30(35)24-16-13-22(14-17-24)19-33-27-11-7-6-10-26(27)31-32-33/h3-18,29H,19H2,1-2H3/t29-/m0/s1. The summed E-state index contributed by atoms with van der Waals surface area (Å²) in [6.45, 7) is 4.47. The Morgan fingerprint density at radius 3 is 2.25 bits per heavy atom. The molecule has 0 aliphatic heterocycles. The molecule has 1 heterocycles. The zero-order valence-electron chi connectivity index (χ0n) is 20.1. The number of ether oxygens (including phenoxy) is 1. The molecule has 5 rings (SSSR count). The number of aryl methyl sites for hydroxylation is 2. The van der Waals surface area contributed by atoms with Gasteiger partial charge in [0.05, 0.1) is 17.6 Å². The van der Waals surface area contributed by atoms with Crippen LogP contribution in [-0.2, 0) is 11.3 Å². The third-order valence-corrected chi connectivity index (χ3v) is 6.30. The van der Waals surface area contributed by atoms with Crippen molar-refractivity contribution in [3.05, 3.63) is 130 Å². The summed E-state index contributed by atoms with van der Waals surface area (Å²) in [4.78, 5) is 26.5. The van der Waals surface area contributed by atoms with Gasteiger partial charge in [-0.2, -0.15) is 0 Å². The number of fused-ring (bicyclic) bond motifs is 1. The van der Waals surface area contributed by atoms with Crippen LogP contribution >= 0.6 is 0 Å². The van der Waals surface area contributed by atoms with Crippen LogP contribution in [0.25, 0.3) is 11.0 Å². The van der Waals surface area contributed by atoms with Crippen LogP contribution in [-0.4, -0.2) is 26.7 Å². The molecule has 0 radical (unpaired) electrons. The third-order valence-electron chi connectivity index (χ3n) is 6.30. The average molecular weight is 476 g/mol. The molecule has 0 fully saturated rings. The van der Waals surface area contributed by atoms with Crippen molar-refractivity contribution in [3.63, 3.8) is 0 Å². The summed E-state index contributed by atoms with van der Waals surface area (Å²) in [5, 5.41) is 8.40. The molecule has 0 amide bonds. The van der Waals surface area contributed by atoms with Crippen molar-refractivity contribution < 1.29 is 14.3 Å². The minimum atomic E-state index is -1.04. The van der Waals surface area contributed by atoms with Gasteiger partial charge in [0.2, 0.25) is 5.78 Å². The zero-order valence-corrected chi connectivity index (χ0v) is 20.1. The fraction of sp³-hybridized carbons (Fsp3) is 0.133. The molecule has 1 atom stereocenters. The zero-order chi connectivity index (χ0) is 25.1. The van der Waals surface area contributed by atoms with Crippen LogP contribution in [0.1, 0.15) is 49.1 Å². The molecular formula is C30H25N3O3. The van der Waals surface area contributed by atoms with Crippen molar-refractivity contribution in [3.8, 4) is 0 Å². The second-order valence-corrected chi connectivity index (χ2v) is 8.79. The lowest BCUT2D eigenvalue weighted by atomic mass is 9.97. The molecule has 0 spiro atoms. The minimum absolute atomic E-state index is 0.257. The van der Waals surface area contributed by atoms with E-state index in [0.717, 1.165) is 27.7 Å². The number of carbonyl (C=O) groups is 2. The molecule has 0 saturated carbocycles. The highest BCUT2D eigenvalue weighted by Crippen LogP contribution is 2.25. The van der Waals surface area contributed by atoms with Crippen LogP contribution in [0.5, 0.6) is 0 Å². The monoisotopic (exact) mass is 475 g/mol. The molecule has 6 heteroatoms. The highest BCUT2D eigenvalue weighted by Gasteiger charge is 2.27. The maximum atomic E-state index is 13.4. The van der Waals surface area contributed by atoms with E-state index in [1.165, 1.54) is 0 Å². The molecule has 0 aliphatic rings. The van der Waals surface area contributed by atoms with Crippen LogP contribution in [0.3, 0.4) is 0 Å². The van der Waals surface area contributed by atoms with Gasteiger partial charge in [0, 0.05) is 11.1 Å². The summed E-state index contributed by atoms with van der Waals surface area (Å²) >= 11 is 0. The van der Waals surface area contributed by atoms with E-state index in [0.29, 0.717) is 23.2 Å². The predicted octanol–water partition coefficient (Wildman–Crippen LogP) is 5.88. The Morgan fingerprint density at radius 2 is 1.50 bits per heavy atom. The minimum Gasteiger partial charge on any atom is -0.445 e. The maximum Gasteiger partial charge on any atom is 0.339 e. The number of hydrogen-bond acceptors (Lipinski definition) is 5. The maximum absolute atomic E-state index is 13.4. The summed E-state index contributed by atoms with van der Waals surface area (Å²) in [5.41, 5.74) is 6.35. The average Bonchev–Trinajstić information content (AvgIpc) is 3.32. The van der Waals surface area contributed by atoms with Gasteiger partial charge in [0.25, 0.3) is 0 Å². The number of benzene rings is 4. The number of esters is 1. The quantitative estimate of drug-likeness (QED) is 0.217. The molecule has 0 bridgehead atoms. The summed E-state index contributed by atoms with van der Waals surface area (Å²) in [6, 6.07) is 29.5. The summed E-state index contributed by atoms with van der Waals surface area (Å²) < 4.78 is 7.61. The molecule has 0 saturated heterocycles. The number of hydrogen-bond donors (Lipinski definition) is 0. The smallest absolute Gasteiger partial charge is 0.339 e. The van der Waals surface area contributed by atoms with Gasteiger partial charge in [-0.15, -0.1) is 5.10 Å². The number of ketones is 1. The van der Waals surface area contributed by atoms with Gasteiger partial charge in [0.15, 0.2) is 6.10 Å². The van der Waals surface area contributed by atoms with Gasteiger partial charge >= 0.3 is 5.97 Å². The molecule has 4 aromatic carbocycles. The first-order valence-corrected chi connectivity index (χ1v) is 11.7. The Morgan fingerprint density at radius 1 is 0.806 bits per heavy atom. The van der Waals surface area contributed by atoms with E-state index in [9.17, 15) is 9.59 Å². The van der Waals surface area contributed by atoms with E-state index in [4.69, 9.17) is 4.74 Å². The van der Waals surface area contributed by atoms with E-state index >= 15 is 0 Å². The van der Waals surface area contributed by atoms with Crippen LogP contribution in [0, 0.1) is 13.8 Å². The molecule has 36 heavy (non-hydrogen) atoms. The molecule has 0 N–H and O–H groups in total. The van der Waals surface area contributed by atoms with E-state index in [1.807, 2.05) is 85.3 Å². The van der Waals surface area contributed by atoms with Gasteiger partial charge in [-0.3, -0.25) is 4.79 Å². The van der Waals surface area contributed by atoms with Gasteiger partial charge < -0.3 is 4.74 Å². The van der Waals surface area contributed by atoms with Crippen molar-refractivity contribution in [2.75, 3.05) is 0 Å². The van der Waals surface area contributed by atoms with Crippen molar-refractivity contribution >= 4 is 22.8 Å². The normalized spacial score (nSPS) is 11.8.